The normalized spacial score (nSPS) is 11.7. The Morgan fingerprint density at radius 1 is 1.26 bits per heavy atom. The van der Waals surface area contributed by atoms with Crippen LogP contribution < -0.4 is 4.72 Å². The molecule has 0 bridgehead atoms. The van der Waals surface area contributed by atoms with E-state index in [9.17, 15) is 26.4 Å². The second-order valence-electron chi connectivity index (χ2n) is 6.40. The number of fused-ring (bicyclic) bond motifs is 1. The summed E-state index contributed by atoms with van der Waals surface area (Å²) in [4.78, 5) is 14.8. The van der Waals surface area contributed by atoms with Crippen LogP contribution in [0, 0.1) is 18.8 Å². The Hall–Kier alpha value is -3.10. The maximum atomic E-state index is 13.1. The summed E-state index contributed by atoms with van der Waals surface area (Å²) in [7, 11) is -4.16. The molecule has 0 saturated heterocycles. The van der Waals surface area contributed by atoms with Crippen molar-refractivity contribution in [2.75, 3.05) is 4.72 Å². The SMILES string of the molecule is Cc1nc2cccc(S(=O)(=O)Nc3ccc(C(F)(F)F)cc3C#CCCC(=O)O)c2s1. The van der Waals surface area contributed by atoms with E-state index in [1.54, 1.807) is 13.0 Å². The monoisotopic (exact) mass is 468 g/mol. The number of carbonyl (C=O) groups is 1. The zero-order chi connectivity index (χ0) is 22.8. The fourth-order valence-corrected chi connectivity index (χ4v) is 5.15. The molecule has 2 N–H and O–H groups in total. The van der Waals surface area contributed by atoms with E-state index >= 15 is 0 Å². The summed E-state index contributed by atoms with van der Waals surface area (Å²) in [6.45, 7) is 1.73. The zero-order valence-electron chi connectivity index (χ0n) is 15.9. The molecule has 0 aliphatic rings. The van der Waals surface area contributed by atoms with Crippen molar-refractivity contribution in [2.24, 2.45) is 0 Å². The Bertz CT molecular complexity index is 1320. The molecule has 162 valence electrons. The van der Waals surface area contributed by atoms with Crippen molar-refractivity contribution in [3.05, 3.63) is 52.5 Å². The van der Waals surface area contributed by atoms with Gasteiger partial charge < -0.3 is 5.11 Å². The number of hydrogen-bond acceptors (Lipinski definition) is 5. The lowest BCUT2D eigenvalue weighted by molar-refractivity contribution is -0.138. The average molecular weight is 468 g/mol. The number of halogens is 3. The first-order chi connectivity index (χ1) is 14.5. The largest absolute Gasteiger partial charge is 0.481 e. The van der Waals surface area contributed by atoms with Crippen molar-refractivity contribution >= 4 is 43.2 Å². The van der Waals surface area contributed by atoms with E-state index in [0.717, 1.165) is 18.2 Å². The number of rotatable bonds is 5. The van der Waals surface area contributed by atoms with Crippen LogP contribution in [0.4, 0.5) is 18.9 Å². The quantitative estimate of drug-likeness (QED) is 0.532. The molecule has 0 unspecified atom stereocenters. The summed E-state index contributed by atoms with van der Waals surface area (Å²) in [5.74, 6) is 3.81. The van der Waals surface area contributed by atoms with Gasteiger partial charge in [-0.3, -0.25) is 9.52 Å². The Morgan fingerprint density at radius 3 is 2.68 bits per heavy atom. The van der Waals surface area contributed by atoms with Gasteiger partial charge in [0.1, 0.15) is 4.90 Å². The van der Waals surface area contributed by atoms with Crippen LogP contribution in [0.15, 0.2) is 41.3 Å². The van der Waals surface area contributed by atoms with Crippen molar-refractivity contribution < 1.29 is 31.5 Å². The smallest absolute Gasteiger partial charge is 0.416 e. The molecule has 0 fully saturated rings. The number of nitrogens with zero attached hydrogens (tertiary/aromatic N) is 1. The second kappa shape index (κ2) is 8.56. The van der Waals surface area contributed by atoms with Crippen LogP contribution in [-0.4, -0.2) is 24.5 Å². The van der Waals surface area contributed by atoms with Crippen LogP contribution in [0.1, 0.15) is 29.0 Å². The van der Waals surface area contributed by atoms with Gasteiger partial charge in [-0.05, 0) is 37.3 Å². The fraction of sp³-hybridized carbons (Fsp3) is 0.200. The van der Waals surface area contributed by atoms with Gasteiger partial charge in [-0.1, -0.05) is 17.9 Å². The topological polar surface area (TPSA) is 96.4 Å². The number of anilines is 1. The number of carboxylic acid groups (broad SMARTS) is 1. The van der Waals surface area contributed by atoms with Gasteiger partial charge in [-0.2, -0.15) is 13.2 Å². The number of benzene rings is 2. The molecule has 1 heterocycles. The number of nitrogens with one attached hydrogen (secondary N) is 1. The highest BCUT2D eigenvalue weighted by molar-refractivity contribution is 7.93. The van der Waals surface area contributed by atoms with Crippen molar-refractivity contribution in [1.29, 1.82) is 0 Å². The minimum absolute atomic E-state index is 0.0553. The van der Waals surface area contributed by atoms with Crippen LogP contribution in [0.2, 0.25) is 0 Å². The number of thiazole rings is 1. The van der Waals surface area contributed by atoms with Crippen LogP contribution in [0.5, 0.6) is 0 Å². The van der Waals surface area contributed by atoms with Crippen LogP contribution in [-0.2, 0) is 21.0 Å². The molecular weight excluding hydrogens is 453 g/mol. The minimum atomic E-state index is -4.65. The summed E-state index contributed by atoms with van der Waals surface area (Å²) < 4.78 is 68.0. The summed E-state index contributed by atoms with van der Waals surface area (Å²) in [6.07, 6.45) is -5.04. The van der Waals surface area contributed by atoms with E-state index in [4.69, 9.17) is 5.11 Å². The van der Waals surface area contributed by atoms with E-state index < -0.39 is 27.7 Å². The highest BCUT2D eigenvalue weighted by Gasteiger charge is 2.31. The fourth-order valence-electron chi connectivity index (χ4n) is 2.69. The van der Waals surface area contributed by atoms with E-state index in [1.807, 2.05) is 0 Å². The Labute approximate surface area is 179 Å². The molecule has 6 nitrogen and oxygen atoms in total. The van der Waals surface area contributed by atoms with Gasteiger partial charge >= 0.3 is 12.1 Å². The molecule has 2 aromatic carbocycles. The first kappa shape index (κ1) is 22.6. The molecular formula is C20H15F3N2O4S2. The van der Waals surface area contributed by atoms with E-state index in [-0.39, 0.29) is 29.0 Å². The Morgan fingerprint density at radius 2 is 2.00 bits per heavy atom. The van der Waals surface area contributed by atoms with Gasteiger partial charge in [0.15, 0.2) is 0 Å². The van der Waals surface area contributed by atoms with E-state index in [0.29, 0.717) is 15.2 Å². The zero-order valence-corrected chi connectivity index (χ0v) is 17.6. The van der Waals surface area contributed by atoms with Gasteiger partial charge in [-0.25, -0.2) is 13.4 Å². The third kappa shape index (κ3) is 5.34. The van der Waals surface area contributed by atoms with Gasteiger partial charge in [-0.15, -0.1) is 11.3 Å². The molecule has 31 heavy (non-hydrogen) atoms. The molecule has 0 radical (unpaired) electrons. The van der Waals surface area contributed by atoms with Gasteiger partial charge in [0.25, 0.3) is 10.0 Å². The van der Waals surface area contributed by atoms with Crippen molar-refractivity contribution in [3.8, 4) is 11.8 Å². The first-order valence-electron chi connectivity index (χ1n) is 8.78. The molecule has 0 spiro atoms. The molecule has 0 amide bonds. The lowest BCUT2D eigenvalue weighted by Gasteiger charge is -2.13. The van der Waals surface area contributed by atoms with Crippen LogP contribution in [0.3, 0.4) is 0 Å². The third-order valence-electron chi connectivity index (χ3n) is 4.05. The molecule has 3 aromatic rings. The first-order valence-corrected chi connectivity index (χ1v) is 11.1. The molecule has 0 aliphatic heterocycles. The van der Waals surface area contributed by atoms with E-state index in [2.05, 4.69) is 21.5 Å². The number of carboxylic acids is 1. The molecule has 11 heteroatoms. The van der Waals surface area contributed by atoms with Gasteiger partial charge in [0.05, 0.1) is 32.9 Å². The van der Waals surface area contributed by atoms with Crippen molar-refractivity contribution in [3.63, 3.8) is 0 Å². The number of aliphatic carboxylic acids is 1. The standard InChI is InChI=1S/C20H15F3N2O4S2/c1-12-24-16-6-4-7-17(19(16)30-12)31(28,29)25-15-10-9-14(20(21,22)23)11-13(15)5-2-3-8-18(26)27/h4,6-7,9-11,25H,3,8H2,1H3,(H,26,27). The predicted molar refractivity (Wildman–Crippen MR) is 110 cm³/mol. The van der Waals surface area contributed by atoms with Gasteiger partial charge in [0.2, 0.25) is 0 Å². The maximum absolute atomic E-state index is 13.1. The highest BCUT2D eigenvalue weighted by atomic mass is 32.2. The van der Waals surface area contributed by atoms with Crippen molar-refractivity contribution in [2.45, 2.75) is 30.8 Å². The number of hydrogen-bond donors (Lipinski definition) is 2. The molecule has 0 aliphatic carbocycles. The number of aryl methyl sites for hydroxylation is 1. The summed E-state index contributed by atoms with van der Waals surface area (Å²) >= 11 is 1.18. The Kier molecular flexibility index (Phi) is 6.24. The van der Waals surface area contributed by atoms with Gasteiger partial charge in [0, 0.05) is 12.0 Å². The number of aromatic nitrogens is 1. The minimum Gasteiger partial charge on any atom is -0.481 e. The summed E-state index contributed by atoms with van der Waals surface area (Å²) in [5, 5.41) is 9.33. The molecule has 0 atom stereocenters. The highest BCUT2D eigenvalue weighted by Crippen LogP contribution is 2.34. The number of sulfonamides is 1. The Balaban J connectivity index is 2.03. The maximum Gasteiger partial charge on any atom is 0.416 e. The van der Waals surface area contributed by atoms with Crippen LogP contribution >= 0.6 is 11.3 Å². The lowest BCUT2D eigenvalue weighted by Crippen LogP contribution is -2.15. The van der Waals surface area contributed by atoms with E-state index in [1.165, 1.54) is 23.5 Å². The lowest BCUT2D eigenvalue weighted by atomic mass is 10.1. The summed E-state index contributed by atoms with van der Waals surface area (Å²) in [5.41, 5.74) is -0.866. The number of alkyl halides is 3. The van der Waals surface area contributed by atoms with Crippen LogP contribution in [0.25, 0.3) is 10.2 Å². The second-order valence-corrected chi connectivity index (χ2v) is 9.25. The molecule has 1 aromatic heterocycles. The van der Waals surface area contributed by atoms with Crippen molar-refractivity contribution in [1.82, 2.24) is 4.98 Å². The molecule has 3 rings (SSSR count). The summed E-state index contributed by atoms with van der Waals surface area (Å²) in [6, 6.07) is 7.02. The average Bonchev–Trinajstić information content (AvgIpc) is 3.04. The third-order valence-corrected chi connectivity index (χ3v) is 6.61. The predicted octanol–water partition coefficient (Wildman–Crippen LogP) is 4.64. The molecule has 0 saturated carbocycles.